The second-order valence-corrected chi connectivity index (χ2v) is 3.02. The predicted molar refractivity (Wildman–Crippen MR) is 48.1 cm³/mol. The van der Waals surface area contributed by atoms with Crippen LogP contribution < -0.4 is 5.73 Å². The monoisotopic (exact) mass is 188 g/mol. The van der Waals surface area contributed by atoms with Gasteiger partial charge in [-0.05, 0) is 6.54 Å². The van der Waals surface area contributed by atoms with Gasteiger partial charge in [0, 0.05) is 12.5 Å². The fraction of sp³-hybridized carbons (Fsp3) is 0.750. The summed E-state index contributed by atoms with van der Waals surface area (Å²) < 4.78 is 0. The van der Waals surface area contributed by atoms with Crippen LogP contribution in [-0.4, -0.2) is 41.5 Å². The lowest BCUT2D eigenvalue weighted by Gasteiger charge is -2.20. The SMILES string of the molecule is CCN(CC(=O)O)CC(C)C(N)=O. The Kier molecular flexibility index (Phi) is 5.06. The third-order valence-corrected chi connectivity index (χ3v) is 1.82. The summed E-state index contributed by atoms with van der Waals surface area (Å²) in [7, 11) is 0. The Bertz CT molecular complexity index is 194. The number of likely N-dealkylation sites (N-methyl/N-ethyl adjacent to an activating group) is 1. The molecule has 0 aliphatic rings. The van der Waals surface area contributed by atoms with E-state index >= 15 is 0 Å². The lowest BCUT2D eigenvalue weighted by Crippen LogP contribution is -2.37. The Morgan fingerprint density at radius 2 is 2.08 bits per heavy atom. The minimum Gasteiger partial charge on any atom is -0.480 e. The molecule has 5 heteroatoms. The molecule has 1 atom stereocenters. The lowest BCUT2D eigenvalue weighted by atomic mass is 10.1. The molecule has 0 rings (SSSR count). The summed E-state index contributed by atoms with van der Waals surface area (Å²) in [6.07, 6.45) is 0. The van der Waals surface area contributed by atoms with Crippen LogP contribution in [0.4, 0.5) is 0 Å². The van der Waals surface area contributed by atoms with Crippen LogP contribution in [0.3, 0.4) is 0 Å². The third-order valence-electron chi connectivity index (χ3n) is 1.82. The van der Waals surface area contributed by atoms with Crippen LogP contribution in [0, 0.1) is 5.92 Å². The van der Waals surface area contributed by atoms with E-state index < -0.39 is 11.9 Å². The van der Waals surface area contributed by atoms with Gasteiger partial charge in [0.05, 0.1) is 6.54 Å². The van der Waals surface area contributed by atoms with Crippen molar-refractivity contribution in [2.45, 2.75) is 13.8 Å². The van der Waals surface area contributed by atoms with Gasteiger partial charge in [-0.2, -0.15) is 0 Å². The molecule has 0 radical (unpaired) electrons. The van der Waals surface area contributed by atoms with Gasteiger partial charge in [-0.1, -0.05) is 13.8 Å². The topological polar surface area (TPSA) is 83.6 Å². The summed E-state index contributed by atoms with van der Waals surface area (Å²) in [5.74, 6) is -1.60. The number of aliphatic carboxylic acids is 1. The number of rotatable bonds is 6. The molecule has 1 amide bonds. The van der Waals surface area contributed by atoms with Crippen LogP contribution >= 0.6 is 0 Å². The van der Waals surface area contributed by atoms with E-state index in [1.807, 2.05) is 6.92 Å². The quantitative estimate of drug-likeness (QED) is 0.589. The van der Waals surface area contributed by atoms with E-state index in [9.17, 15) is 9.59 Å². The molecule has 5 nitrogen and oxygen atoms in total. The maximum absolute atomic E-state index is 10.7. The maximum Gasteiger partial charge on any atom is 0.317 e. The van der Waals surface area contributed by atoms with Crippen molar-refractivity contribution in [2.75, 3.05) is 19.6 Å². The number of carboxylic acids is 1. The second kappa shape index (κ2) is 5.53. The van der Waals surface area contributed by atoms with E-state index in [1.54, 1.807) is 11.8 Å². The summed E-state index contributed by atoms with van der Waals surface area (Å²) in [5.41, 5.74) is 5.06. The Morgan fingerprint density at radius 3 is 2.38 bits per heavy atom. The van der Waals surface area contributed by atoms with Crippen molar-refractivity contribution in [1.82, 2.24) is 4.90 Å². The molecule has 1 unspecified atom stereocenters. The molecule has 13 heavy (non-hydrogen) atoms. The fourth-order valence-corrected chi connectivity index (χ4v) is 0.974. The van der Waals surface area contributed by atoms with Crippen molar-refractivity contribution in [3.63, 3.8) is 0 Å². The van der Waals surface area contributed by atoms with Gasteiger partial charge in [0.15, 0.2) is 0 Å². The number of hydrogen-bond acceptors (Lipinski definition) is 3. The Hall–Kier alpha value is -1.10. The van der Waals surface area contributed by atoms with Crippen LogP contribution in [0.1, 0.15) is 13.8 Å². The molecule has 0 aliphatic heterocycles. The van der Waals surface area contributed by atoms with Crippen LogP contribution in [0.25, 0.3) is 0 Å². The van der Waals surface area contributed by atoms with Crippen LogP contribution in [-0.2, 0) is 9.59 Å². The van der Waals surface area contributed by atoms with Gasteiger partial charge >= 0.3 is 5.97 Å². The van der Waals surface area contributed by atoms with Gasteiger partial charge in [-0.25, -0.2) is 0 Å². The van der Waals surface area contributed by atoms with E-state index in [1.165, 1.54) is 0 Å². The number of nitrogens with zero attached hydrogens (tertiary/aromatic N) is 1. The number of hydrogen-bond donors (Lipinski definition) is 2. The molecule has 0 aromatic rings. The zero-order valence-electron chi connectivity index (χ0n) is 7.99. The smallest absolute Gasteiger partial charge is 0.317 e. The number of carbonyl (C=O) groups is 2. The van der Waals surface area contributed by atoms with Gasteiger partial charge in [0.25, 0.3) is 0 Å². The predicted octanol–water partition coefficient (Wildman–Crippen LogP) is -0.486. The van der Waals surface area contributed by atoms with Crippen molar-refractivity contribution in [3.05, 3.63) is 0 Å². The van der Waals surface area contributed by atoms with E-state index in [0.717, 1.165) is 0 Å². The molecule has 3 N–H and O–H groups in total. The average molecular weight is 188 g/mol. The fourth-order valence-electron chi connectivity index (χ4n) is 0.974. The van der Waals surface area contributed by atoms with Crippen LogP contribution in [0.2, 0.25) is 0 Å². The van der Waals surface area contributed by atoms with Crippen molar-refractivity contribution in [3.8, 4) is 0 Å². The van der Waals surface area contributed by atoms with Gasteiger partial charge in [0.1, 0.15) is 0 Å². The highest BCUT2D eigenvalue weighted by atomic mass is 16.4. The summed E-state index contributed by atoms with van der Waals surface area (Å²) >= 11 is 0. The minimum atomic E-state index is -0.890. The van der Waals surface area contributed by atoms with Gasteiger partial charge < -0.3 is 10.8 Å². The first-order chi connectivity index (χ1) is 5.97. The Balaban J connectivity index is 3.97. The highest BCUT2D eigenvalue weighted by Gasteiger charge is 2.14. The first-order valence-electron chi connectivity index (χ1n) is 4.20. The first-order valence-corrected chi connectivity index (χ1v) is 4.20. The van der Waals surface area contributed by atoms with Crippen molar-refractivity contribution in [2.24, 2.45) is 11.7 Å². The molecule has 0 spiro atoms. The molecule has 0 aromatic heterocycles. The van der Waals surface area contributed by atoms with Crippen LogP contribution in [0.15, 0.2) is 0 Å². The zero-order chi connectivity index (χ0) is 10.4. The molecule has 0 aliphatic carbocycles. The lowest BCUT2D eigenvalue weighted by molar-refractivity contribution is -0.139. The third kappa shape index (κ3) is 5.19. The van der Waals surface area contributed by atoms with Crippen molar-refractivity contribution < 1.29 is 14.7 Å². The molecule has 0 aromatic carbocycles. The second-order valence-electron chi connectivity index (χ2n) is 3.02. The van der Waals surface area contributed by atoms with E-state index in [2.05, 4.69) is 0 Å². The van der Waals surface area contributed by atoms with E-state index in [-0.39, 0.29) is 12.5 Å². The molecule has 0 heterocycles. The van der Waals surface area contributed by atoms with Crippen molar-refractivity contribution in [1.29, 1.82) is 0 Å². The summed E-state index contributed by atoms with van der Waals surface area (Å²) in [6, 6.07) is 0. The summed E-state index contributed by atoms with van der Waals surface area (Å²) in [6.45, 7) is 4.49. The summed E-state index contributed by atoms with van der Waals surface area (Å²) in [4.78, 5) is 22.7. The summed E-state index contributed by atoms with van der Waals surface area (Å²) in [5, 5.41) is 8.51. The first kappa shape index (κ1) is 11.9. The molecule has 0 fully saturated rings. The van der Waals surface area contributed by atoms with Crippen molar-refractivity contribution >= 4 is 11.9 Å². The van der Waals surface area contributed by atoms with Gasteiger partial charge in [-0.15, -0.1) is 0 Å². The number of amides is 1. The largest absolute Gasteiger partial charge is 0.480 e. The Morgan fingerprint density at radius 1 is 1.54 bits per heavy atom. The normalized spacial score (nSPS) is 12.8. The number of primary amides is 1. The van der Waals surface area contributed by atoms with E-state index in [0.29, 0.717) is 13.1 Å². The average Bonchev–Trinajstić information content (AvgIpc) is 2.02. The minimum absolute atomic E-state index is 0.0475. The van der Waals surface area contributed by atoms with E-state index in [4.69, 9.17) is 10.8 Å². The highest BCUT2D eigenvalue weighted by molar-refractivity contribution is 5.76. The number of nitrogens with two attached hydrogens (primary N) is 1. The van der Waals surface area contributed by atoms with Gasteiger partial charge in [0.2, 0.25) is 5.91 Å². The maximum atomic E-state index is 10.7. The zero-order valence-corrected chi connectivity index (χ0v) is 7.99. The number of carboxylic acid groups (broad SMARTS) is 1. The molecule has 0 saturated carbocycles. The molecular formula is C8H16N2O3. The molecule has 76 valence electrons. The standard InChI is InChI=1S/C8H16N2O3/c1-3-10(5-7(11)12)4-6(2)8(9)13/h6H,3-5H2,1-2H3,(H2,9,13)(H,11,12). The molecule has 0 bridgehead atoms. The Labute approximate surface area is 77.5 Å². The number of carbonyl (C=O) groups excluding carboxylic acids is 1. The highest BCUT2D eigenvalue weighted by Crippen LogP contribution is 1.98. The molecule has 0 saturated heterocycles. The van der Waals surface area contributed by atoms with Crippen LogP contribution in [0.5, 0.6) is 0 Å². The van der Waals surface area contributed by atoms with Gasteiger partial charge in [-0.3, -0.25) is 14.5 Å². The molecular weight excluding hydrogens is 172 g/mol.